The van der Waals surface area contributed by atoms with Gasteiger partial charge in [0.25, 0.3) is 5.89 Å². The first-order chi connectivity index (χ1) is 10.1. The van der Waals surface area contributed by atoms with Crippen molar-refractivity contribution in [1.82, 2.24) is 15.1 Å². The third-order valence-electron chi connectivity index (χ3n) is 3.04. The summed E-state index contributed by atoms with van der Waals surface area (Å²) in [6, 6.07) is 8.18. The highest BCUT2D eigenvalue weighted by molar-refractivity contribution is 7.10. The van der Waals surface area contributed by atoms with Gasteiger partial charge in [-0.1, -0.05) is 35.0 Å². The summed E-state index contributed by atoms with van der Waals surface area (Å²) >= 11 is 1.50. The van der Waals surface area contributed by atoms with Crippen molar-refractivity contribution >= 4 is 11.3 Å². The van der Waals surface area contributed by atoms with E-state index in [0.717, 1.165) is 10.6 Å². The van der Waals surface area contributed by atoms with Gasteiger partial charge in [-0.15, -0.1) is 11.3 Å². The van der Waals surface area contributed by atoms with Crippen LogP contribution in [-0.4, -0.2) is 15.1 Å². The Morgan fingerprint density at radius 2 is 2.19 bits per heavy atom. The van der Waals surface area contributed by atoms with Crippen molar-refractivity contribution in [3.05, 3.63) is 51.6 Å². The van der Waals surface area contributed by atoms with E-state index in [9.17, 15) is 0 Å². The van der Waals surface area contributed by atoms with Crippen molar-refractivity contribution in [2.45, 2.75) is 26.3 Å². The van der Waals surface area contributed by atoms with E-state index in [0.29, 0.717) is 23.8 Å². The van der Waals surface area contributed by atoms with Crippen molar-refractivity contribution in [2.75, 3.05) is 0 Å². The maximum atomic E-state index is 5.81. The molecule has 0 aliphatic carbocycles. The zero-order valence-corrected chi connectivity index (χ0v) is 12.7. The van der Waals surface area contributed by atoms with E-state index in [-0.39, 0.29) is 6.04 Å². The van der Waals surface area contributed by atoms with Gasteiger partial charge >= 0.3 is 0 Å². The van der Waals surface area contributed by atoms with E-state index in [1.54, 1.807) is 0 Å². The zero-order chi connectivity index (χ0) is 14.8. The van der Waals surface area contributed by atoms with Gasteiger partial charge in [-0.25, -0.2) is 4.98 Å². The Bertz CT molecular complexity index is 747. The Morgan fingerprint density at radius 3 is 2.90 bits per heavy atom. The molecule has 5 nitrogen and oxygen atoms in total. The summed E-state index contributed by atoms with van der Waals surface area (Å²) in [5, 5.41) is 6.77. The van der Waals surface area contributed by atoms with E-state index >= 15 is 0 Å². The van der Waals surface area contributed by atoms with E-state index in [2.05, 4.69) is 40.2 Å². The molecule has 21 heavy (non-hydrogen) atoms. The molecule has 1 unspecified atom stereocenters. The topological polar surface area (TPSA) is 77.8 Å². The van der Waals surface area contributed by atoms with Gasteiger partial charge in [0.05, 0.1) is 6.04 Å². The first-order valence-corrected chi connectivity index (χ1v) is 7.59. The Kier molecular flexibility index (Phi) is 3.81. The van der Waals surface area contributed by atoms with Gasteiger partial charge < -0.3 is 10.3 Å². The molecule has 2 heterocycles. The quantitative estimate of drug-likeness (QED) is 0.801. The van der Waals surface area contributed by atoms with Crippen molar-refractivity contribution in [2.24, 2.45) is 5.73 Å². The van der Waals surface area contributed by atoms with Crippen molar-refractivity contribution in [1.29, 1.82) is 0 Å². The molecule has 0 fully saturated rings. The van der Waals surface area contributed by atoms with Crippen LogP contribution >= 0.6 is 11.3 Å². The molecule has 3 rings (SSSR count). The first-order valence-electron chi connectivity index (χ1n) is 6.71. The summed E-state index contributed by atoms with van der Waals surface area (Å²) in [5.74, 6) is 1.10. The van der Waals surface area contributed by atoms with Gasteiger partial charge in [0.2, 0.25) is 0 Å². The summed E-state index contributed by atoms with van der Waals surface area (Å²) in [7, 11) is 0. The summed E-state index contributed by atoms with van der Waals surface area (Å²) < 4.78 is 5.29. The number of benzene rings is 1. The van der Waals surface area contributed by atoms with Crippen LogP contribution in [0.25, 0.3) is 11.6 Å². The van der Waals surface area contributed by atoms with Crippen LogP contribution < -0.4 is 5.73 Å². The fourth-order valence-electron chi connectivity index (χ4n) is 2.03. The van der Waals surface area contributed by atoms with Gasteiger partial charge in [-0.2, -0.15) is 4.98 Å². The largest absolute Gasteiger partial charge is 0.332 e. The molecule has 0 saturated carbocycles. The van der Waals surface area contributed by atoms with Gasteiger partial charge in [-0.05, 0) is 19.4 Å². The number of aryl methyl sites for hydroxylation is 1. The maximum absolute atomic E-state index is 5.81. The van der Waals surface area contributed by atoms with Crippen molar-refractivity contribution in [3.8, 4) is 11.6 Å². The number of thiazole rings is 1. The van der Waals surface area contributed by atoms with Gasteiger partial charge in [-0.3, -0.25) is 0 Å². The van der Waals surface area contributed by atoms with Gasteiger partial charge in [0, 0.05) is 11.8 Å². The standard InChI is InChI=1S/C15H16N4OS/c1-9-4-3-5-11(6-9)7-13-18-14(20-19-13)12-8-21-15(17-12)10(2)16/h3-6,8,10H,7,16H2,1-2H3. The highest BCUT2D eigenvalue weighted by atomic mass is 32.1. The van der Waals surface area contributed by atoms with Crippen LogP contribution in [0.15, 0.2) is 34.2 Å². The molecule has 108 valence electrons. The van der Waals surface area contributed by atoms with E-state index < -0.39 is 0 Å². The second-order valence-corrected chi connectivity index (χ2v) is 5.93. The van der Waals surface area contributed by atoms with Crippen molar-refractivity contribution < 1.29 is 4.52 Å². The average Bonchev–Trinajstić information content (AvgIpc) is 3.06. The number of hydrogen-bond acceptors (Lipinski definition) is 6. The molecule has 1 aromatic carbocycles. The SMILES string of the molecule is Cc1cccc(Cc2noc(-c3csc(C(C)N)n3)n2)c1. The molecule has 1 atom stereocenters. The second-order valence-electron chi connectivity index (χ2n) is 5.04. The van der Waals surface area contributed by atoms with Crippen LogP contribution in [0.4, 0.5) is 0 Å². The molecule has 2 aromatic heterocycles. The van der Waals surface area contributed by atoms with Crippen LogP contribution in [0, 0.1) is 6.92 Å². The fraction of sp³-hybridized carbons (Fsp3) is 0.267. The average molecular weight is 300 g/mol. The molecule has 0 bridgehead atoms. The lowest BCUT2D eigenvalue weighted by atomic mass is 10.1. The molecular weight excluding hydrogens is 284 g/mol. The molecular formula is C15H16N4OS. The van der Waals surface area contributed by atoms with Crippen LogP contribution in [0.1, 0.15) is 34.9 Å². The number of nitrogens with two attached hydrogens (primary N) is 1. The minimum atomic E-state index is -0.0848. The lowest BCUT2D eigenvalue weighted by Gasteiger charge is -1.97. The monoisotopic (exact) mass is 300 g/mol. The van der Waals surface area contributed by atoms with Gasteiger partial charge in [0.15, 0.2) is 5.82 Å². The normalized spacial score (nSPS) is 12.5. The van der Waals surface area contributed by atoms with Crippen molar-refractivity contribution in [3.63, 3.8) is 0 Å². The first kappa shape index (κ1) is 13.9. The predicted octanol–water partition coefficient (Wildman–Crippen LogP) is 3.11. The number of rotatable bonds is 4. The Balaban J connectivity index is 1.79. The maximum Gasteiger partial charge on any atom is 0.277 e. The molecule has 0 aliphatic heterocycles. The van der Waals surface area contributed by atoms with E-state index in [1.165, 1.54) is 16.9 Å². The minimum absolute atomic E-state index is 0.0848. The van der Waals surface area contributed by atoms with E-state index in [1.807, 2.05) is 18.4 Å². The van der Waals surface area contributed by atoms with E-state index in [4.69, 9.17) is 10.3 Å². The second kappa shape index (κ2) is 5.75. The molecule has 0 radical (unpaired) electrons. The van der Waals surface area contributed by atoms with Crippen LogP contribution in [0.5, 0.6) is 0 Å². The van der Waals surface area contributed by atoms with Crippen LogP contribution in [0.2, 0.25) is 0 Å². The number of hydrogen-bond donors (Lipinski definition) is 1. The molecule has 2 N–H and O–H groups in total. The molecule has 6 heteroatoms. The zero-order valence-electron chi connectivity index (χ0n) is 11.9. The number of aromatic nitrogens is 3. The molecule has 0 saturated heterocycles. The highest BCUT2D eigenvalue weighted by Crippen LogP contribution is 2.23. The summed E-state index contributed by atoms with van der Waals surface area (Å²) in [4.78, 5) is 8.82. The molecule has 0 aliphatic rings. The minimum Gasteiger partial charge on any atom is -0.332 e. The number of nitrogens with zero attached hydrogens (tertiary/aromatic N) is 3. The van der Waals surface area contributed by atoms with Gasteiger partial charge in [0.1, 0.15) is 10.7 Å². The molecule has 0 spiro atoms. The van der Waals surface area contributed by atoms with Crippen LogP contribution in [0.3, 0.4) is 0 Å². The highest BCUT2D eigenvalue weighted by Gasteiger charge is 2.14. The summed E-state index contributed by atoms with van der Waals surface area (Å²) in [5.41, 5.74) is 8.88. The Hall–Kier alpha value is -2.05. The summed E-state index contributed by atoms with van der Waals surface area (Å²) in [6.07, 6.45) is 0.648. The third-order valence-corrected chi connectivity index (χ3v) is 4.09. The predicted molar refractivity (Wildman–Crippen MR) is 82.0 cm³/mol. The lowest BCUT2D eigenvalue weighted by molar-refractivity contribution is 0.423. The Morgan fingerprint density at radius 1 is 1.33 bits per heavy atom. The third kappa shape index (κ3) is 3.17. The fourth-order valence-corrected chi connectivity index (χ4v) is 2.78. The lowest BCUT2D eigenvalue weighted by Crippen LogP contribution is -2.03. The molecule has 3 aromatic rings. The molecule has 0 amide bonds. The van der Waals surface area contributed by atoms with Crippen LogP contribution in [-0.2, 0) is 6.42 Å². The summed E-state index contributed by atoms with van der Waals surface area (Å²) in [6.45, 7) is 3.97. The Labute approximate surface area is 126 Å². The smallest absolute Gasteiger partial charge is 0.277 e.